The van der Waals surface area contributed by atoms with Gasteiger partial charge in [0.05, 0.1) is 79.4 Å². The van der Waals surface area contributed by atoms with Crippen molar-refractivity contribution in [2.24, 2.45) is 0 Å². The highest BCUT2D eigenvalue weighted by atomic mass is 79.9. The van der Waals surface area contributed by atoms with E-state index < -0.39 is 0 Å². The van der Waals surface area contributed by atoms with Crippen LogP contribution in [0.4, 0.5) is 0 Å². The smallest absolute Gasteiger partial charge is 0.275 e. The third-order valence-electron chi connectivity index (χ3n) is 23.0. The predicted octanol–water partition coefficient (Wildman–Crippen LogP) is 7.34. The van der Waals surface area contributed by atoms with Gasteiger partial charge in [-0.15, -0.1) is 51.0 Å². The second-order valence-electron chi connectivity index (χ2n) is 31.3. The van der Waals surface area contributed by atoms with Crippen molar-refractivity contribution < 1.29 is 24.0 Å². The first-order chi connectivity index (χ1) is 67.2. The van der Waals surface area contributed by atoms with Gasteiger partial charge in [0.1, 0.15) is 54.4 Å². The molecule has 0 aliphatic carbocycles. The number of hydrogen-bond acceptors (Lipinski definition) is 35. The Hall–Kier alpha value is -16.6. The van der Waals surface area contributed by atoms with Crippen LogP contribution in [0.3, 0.4) is 0 Å². The Morgan fingerprint density at radius 1 is 0.304 bits per heavy atom. The van der Waals surface area contributed by atoms with Crippen LogP contribution in [0, 0.1) is 0 Å². The van der Waals surface area contributed by atoms with Crippen LogP contribution in [0.25, 0.3) is 85.7 Å². The zero-order valence-corrected chi connectivity index (χ0v) is 77.5. The number of amides is 5. The highest BCUT2D eigenvalue weighted by Gasteiger charge is 2.39. The van der Waals surface area contributed by atoms with E-state index in [0.717, 1.165) is 20.3 Å². The highest BCUT2D eigenvalue weighted by molar-refractivity contribution is 9.10. The van der Waals surface area contributed by atoms with Crippen LogP contribution < -0.4 is 0 Å². The zero-order valence-electron chi connectivity index (χ0n) is 72.1. The average Bonchev–Trinajstić information content (AvgIpc) is 1.61. The Labute approximate surface area is 806 Å². The minimum Gasteiger partial charge on any atom is -0.328 e. The van der Waals surface area contributed by atoms with Crippen molar-refractivity contribution in [2.75, 3.05) is 32.7 Å². The molecule has 0 radical (unpaired) electrons. The molecule has 5 aliphatic rings. The van der Waals surface area contributed by atoms with Gasteiger partial charge in [-0.2, -0.15) is 25.5 Å². The van der Waals surface area contributed by atoms with E-state index in [1.165, 1.54) is 63.8 Å². The Morgan fingerprint density at radius 2 is 0.594 bits per heavy atom. The third kappa shape index (κ3) is 17.4. The number of carbonyl (C=O) groups is 5. The van der Waals surface area contributed by atoms with Gasteiger partial charge in [0.25, 0.3) is 29.5 Å². The third-order valence-corrected chi connectivity index (χ3v) is 24.4. The molecule has 0 N–H and O–H groups in total. The molecule has 688 valence electrons. The number of rotatable bonds is 10. The van der Waals surface area contributed by atoms with Crippen LogP contribution in [0.2, 0.25) is 15.1 Å². The monoisotopic (exact) mass is 2040 g/mol. The van der Waals surface area contributed by atoms with Gasteiger partial charge < -0.3 is 47.3 Å². The van der Waals surface area contributed by atoms with E-state index in [0.29, 0.717) is 226 Å². The van der Waals surface area contributed by atoms with Gasteiger partial charge in [0, 0.05) is 176 Å². The number of fused-ring (bicyclic) bond motifs is 10. The maximum Gasteiger partial charge on any atom is 0.275 e. The molecule has 138 heavy (non-hydrogen) atoms. The molecule has 0 bridgehead atoms. The largest absolute Gasteiger partial charge is 0.328 e. The lowest BCUT2D eigenvalue weighted by Crippen LogP contribution is -2.41. The molecule has 0 aromatic carbocycles. The van der Waals surface area contributed by atoms with Gasteiger partial charge in [-0.25, -0.2) is 97.3 Å². The lowest BCUT2D eigenvalue weighted by Gasteiger charge is -2.33. The van der Waals surface area contributed by atoms with Crippen molar-refractivity contribution in [3.63, 3.8) is 0 Å². The van der Waals surface area contributed by atoms with E-state index in [1.807, 2.05) is 43.6 Å². The number of carbonyl (C=O) groups excluding carboxylic acids is 5. The molecule has 3 unspecified atom stereocenters. The minimum atomic E-state index is -0.259. The summed E-state index contributed by atoms with van der Waals surface area (Å²) in [4.78, 5) is 135. The van der Waals surface area contributed by atoms with Gasteiger partial charge in [-0.1, -0.05) is 34.8 Å². The number of halogens is 5. The van der Waals surface area contributed by atoms with Crippen molar-refractivity contribution in [2.45, 2.75) is 84.7 Å². The number of nitrogens with zero attached hydrogens (tertiary/aromatic N) is 45. The van der Waals surface area contributed by atoms with Gasteiger partial charge >= 0.3 is 0 Å². The molecule has 20 aromatic rings. The maximum absolute atomic E-state index is 13.1. The first-order valence-corrected chi connectivity index (χ1v) is 45.0. The minimum absolute atomic E-state index is 0.158. The van der Waals surface area contributed by atoms with Gasteiger partial charge in [-0.3, -0.25) is 24.0 Å². The molecule has 0 saturated carbocycles. The van der Waals surface area contributed by atoms with E-state index in [2.05, 4.69) is 183 Å². The van der Waals surface area contributed by atoms with Crippen LogP contribution in [-0.2, 0) is 45.8 Å². The van der Waals surface area contributed by atoms with E-state index >= 15 is 0 Å². The predicted molar refractivity (Wildman–Crippen MR) is 488 cm³/mol. The molecule has 0 spiro atoms. The Balaban J connectivity index is 0.000000103. The summed E-state index contributed by atoms with van der Waals surface area (Å²) in [5.74, 6) is 6.07. The quantitative estimate of drug-likeness (QED) is 0.129. The Morgan fingerprint density at radius 3 is 0.928 bits per heavy atom. The highest BCUT2D eigenvalue weighted by Crippen LogP contribution is 2.35. The van der Waals surface area contributed by atoms with Crippen LogP contribution in [0.5, 0.6) is 0 Å². The summed E-state index contributed by atoms with van der Waals surface area (Å²) >= 11 is 24.5. The standard InChI is InChI=1S/C17H14BrN9O.2C17H14ClN9O.C16H12BrN9O.C16H12ClN9O/c1-10-15-22-23-16(12-2-3-19-9-21-12)26(15)5-4-25(10)17(28)13-6-14-20-7-11(18)8-27(14)24-13;1-10-15-22-23-16(11-5-19-9-20-6-11)26(15)3-2-25(10)17(28)13-4-14-21-7-12(18)8-27(14)24-13;1-10-15-22-23-16(12-2-3-19-9-21-12)26(15)5-4-25(10)17(28)13-6-14-20-7-11(18)8-27(14)24-13;2*17-10-6-19-13-5-12(23-26(13)7-10)16(27)24-3-4-25-14(8-24)21-22-15(25)11-1-2-18-9-20-11/h2-3,6-10H,4-5H2,1H3;4-10H,2-3H2,1H3;2-3,6-10H,4-5H2,1H3;2*1-2,5-7,9H,3-4,8H2. The normalized spacial score (nSPS) is 15.3. The summed E-state index contributed by atoms with van der Waals surface area (Å²) in [6, 6.07) is 14.7. The summed E-state index contributed by atoms with van der Waals surface area (Å²) < 4.78 is 19.2. The SMILES string of the molecule is CC1c2nnc(-c3ccncn3)n2CCN1C(=O)c1cc2ncc(Br)cn2n1.CC1c2nnc(-c3ccncn3)n2CCN1C(=O)c1cc2ncc(Cl)cn2n1.CC1c2nnc(-c3cncnc3)n2CCN1C(=O)c1cc2ncc(Cl)cn2n1.O=C(c1cc2ncc(Br)cn2n1)N1CCn2c(nnc2-c2ccncn2)C1.O=C(c1cc2ncc(Cl)cn2n1)N1CCn2c(nnc2-c2ccncn2)C1. The fraction of sp³-hybridized carbons (Fsp3) is 0.217. The molecule has 0 fully saturated rings. The summed E-state index contributed by atoms with van der Waals surface area (Å²) in [6.45, 7) is 12.0. The van der Waals surface area contributed by atoms with Gasteiger partial charge in [0.2, 0.25) is 0 Å². The van der Waals surface area contributed by atoms with Gasteiger partial charge in [-0.05, 0) is 76.9 Å². The second-order valence-corrected chi connectivity index (χ2v) is 34.4. The molecular weight excluding hydrogens is 1970 g/mol. The molecule has 55 heteroatoms. The molecule has 20 aromatic heterocycles. The molecule has 3 atom stereocenters. The van der Waals surface area contributed by atoms with Crippen molar-refractivity contribution in [3.05, 3.63) is 267 Å². The fourth-order valence-corrected chi connectivity index (χ4v) is 17.3. The Kier molecular flexibility index (Phi) is 23.8. The molecule has 0 saturated heterocycles. The van der Waals surface area contributed by atoms with E-state index in [9.17, 15) is 24.0 Å². The Bertz CT molecular complexity index is 7400. The average molecular weight is 2040 g/mol. The number of aromatic nitrogens is 40. The van der Waals surface area contributed by atoms with E-state index in [1.54, 1.807) is 169 Å². The topological polar surface area (TPSA) is 535 Å². The van der Waals surface area contributed by atoms with Crippen molar-refractivity contribution in [1.29, 1.82) is 0 Å². The lowest BCUT2D eigenvalue weighted by molar-refractivity contribution is 0.0625. The van der Waals surface area contributed by atoms with Gasteiger partial charge in [0.15, 0.2) is 115 Å². The maximum atomic E-state index is 13.1. The number of hydrogen-bond donors (Lipinski definition) is 0. The lowest BCUT2D eigenvalue weighted by atomic mass is 10.2. The molecule has 25 heterocycles. The van der Waals surface area contributed by atoms with Crippen molar-refractivity contribution in [3.8, 4) is 57.5 Å². The van der Waals surface area contributed by atoms with Crippen LogP contribution >= 0.6 is 66.7 Å². The van der Waals surface area contributed by atoms with Crippen molar-refractivity contribution in [1.82, 2.24) is 221 Å². The summed E-state index contributed by atoms with van der Waals surface area (Å²) in [5.41, 5.74) is 8.16. The summed E-state index contributed by atoms with van der Waals surface area (Å²) in [6.07, 6.45) is 33.7. The first-order valence-electron chi connectivity index (χ1n) is 42.2. The molecule has 25 rings (SSSR count). The first kappa shape index (κ1) is 88.0. The molecule has 5 aliphatic heterocycles. The van der Waals surface area contributed by atoms with Crippen LogP contribution in [-0.4, -0.2) is 283 Å². The fourth-order valence-electron chi connectivity index (χ4n) is 16.3. The van der Waals surface area contributed by atoms with E-state index in [4.69, 9.17) is 34.8 Å². The van der Waals surface area contributed by atoms with Crippen molar-refractivity contribution >= 4 is 124 Å². The molecule has 50 nitrogen and oxygen atoms in total. The van der Waals surface area contributed by atoms with Crippen LogP contribution in [0.1, 0.15) is 120 Å². The van der Waals surface area contributed by atoms with E-state index in [-0.39, 0.29) is 47.7 Å². The molecular formula is C83H66Br2Cl3N45O5. The second kappa shape index (κ2) is 37.3. The summed E-state index contributed by atoms with van der Waals surface area (Å²) in [7, 11) is 0. The molecule has 5 amide bonds. The van der Waals surface area contributed by atoms with Crippen LogP contribution in [0.15, 0.2) is 194 Å². The summed E-state index contributed by atoms with van der Waals surface area (Å²) in [5, 5.41) is 65.6. The zero-order chi connectivity index (χ0) is 94.5.